The maximum Gasteiger partial charge on any atom is 0.191 e. The van der Waals surface area contributed by atoms with Crippen LogP contribution in [0, 0.1) is 0 Å². The summed E-state index contributed by atoms with van der Waals surface area (Å²) in [5.41, 5.74) is 0. The predicted molar refractivity (Wildman–Crippen MR) is 127 cm³/mol. The van der Waals surface area contributed by atoms with Gasteiger partial charge in [-0.25, -0.2) is 0 Å². The molecule has 1 aromatic carbocycles. The van der Waals surface area contributed by atoms with E-state index in [9.17, 15) is 0 Å². The number of nitrogens with zero attached hydrogens (tertiary/aromatic N) is 2. The van der Waals surface area contributed by atoms with Crippen LogP contribution in [0.2, 0.25) is 0 Å². The average molecular weight is 504 g/mol. The summed E-state index contributed by atoms with van der Waals surface area (Å²) >= 11 is 0. The van der Waals surface area contributed by atoms with Crippen molar-refractivity contribution >= 4 is 29.9 Å². The Hall–Kier alpha value is -1.22. The summed E-state index contributed by atoms with van der Waals surface area (Å²) in [6.07, 6.45) is 3.21. The number of hydrogen-bond donors (Lipinski definition) is 2. The highest BCUT2D eigenvalue weighted by molar-refractivity contribution is 14.0. The molecular formula is C21H37IN4O2. The molecule has 2 N–H and O–H groups in total. The van der Waals surface area contributed by atoms with Crippen LogP contribution in [0.15, 0.2) is 29.3 Å². The van der Waals surface area contributed by atoms with Gasteiger partial charge in [0.1, 0.15) is 11.5 Å². The molecule has 160 valence electrons. The number of guanidine groups is 1. The number of piperidine rings is 1. The molecule has 1 aliphatic rings. The van der Waals surface area contributed by atoms with Gasteiger partial charge in [0.15, 0.2) is 5.96 Å². The van der Waals surface area contributed by atoms with E-state index in [-0.39, 0.29) is 24.0 Å². The van der Waals surface area contributed by atoms with E-state index < -0.39 is 0 Å². The second kappa shape index (κ2) is 13.9. The van der Waals surface area contributed by atoms with Crippen molar-refractivity contribution in [1.82, 2.24) is 15.5 Å². The van der Waals surface area contributed by atoms with E-state index in [1.54, 1.807) is 7.11 Å². The number of aliphatic imine (C=N–C) groups is 1. The molecule has 1 heterocycles. The zero-order valence-electron chi connectivity index (χ0n) is 17.7. The van der Waals surface area contributed by atoms with Gasteiger partial charge in [0, 0.05) is 50.7 Å². The zero-order valence-corrected chi connectivity index (χ0v) is 20.1. The van der Waals surface area contributed by atoms with Gasteiger partial charge in [0.25, 0.3) is 0 Å². The quantitative estimate of drug-likeness (QED) is 0.233. The summed E-state index contributed by atoms with van der Waals surface area (Å²) in [5.74, 6) is 2.56. The second-order valence-electron chi connectivity index (χ2n) is 7.19. The third-order valence-corrected chi connectivity index (χ3v) is 4.83. The molecule has 1 fully saturated rings. The lowest BCUT2D eigenvalue weighted by molar-refractivity contribution is 0.167. The van der Waals surface area contributed by atoms with Gasteiger partial charge in [-0.3, -0.25) is 4.99 Å². The smallest absolute Gasteiger partial charge is 0.191 e. The SMILES string of the molecule is CCNC(=NCCCOc1cccc(OC)c1)NC1CCN(C(C)C)CC1.I. The van der Waals surface area contributed by atoms with Gasteiger partial charge < -0.3 is 25.0 Å². The summed E-state index contributed by atoms with van der Waals surface area (Å²) < 4.78 is 11.0. The van der Waals surface area contributed by atoms with Crippen molar-refractivity contribution in [2.75, 3.05) is 39.9 Å². The highest BCUT2D eigenvalue weighted by atomic mass is 127. The molecule has 6 nitrogen and oxygen atoms in total. The molecule has 0 unspecified atom stereocenters. The molecule has 28 heavy (non-hydrogen) atoms. The fourth-order valence-corrected chi connectivity index (χ4v) is 3.21. The summed E-state index contributed by atoms with van der Waals surface area (Å²) in [7, 11) is 1.66. The Morgan fingerprint density at radius 3 is 2.61 bits per heavy atom. The average Bonchev–Trinajstić information content (AvgIpc) is 2.68. The van der Waals surface area contributed by atoms with E-state index in [2.05, 4.69) is 36.3 Å². The van der Waals surface area contributed by atoms with Crippen LogP contribution in [0.5, 0.6) is 11.5 Å². The van der Waals surface area contributed by atoms with Gasteiger partial charge in [0.05, 0.1) is 13.7 Å². The van der Waals surface area contributed by atoms with Gasteiger partial charge in [0.2, 0.25) is 0 Å². The Morgan fingerprint density at radius 1 is 1.25 bits per heavy atom. The number of methoxy groups -OCH3 is 1. The molecule has 1 aromatic rings. The van der Waals surface area contributed by atoms with Crippen LogP contribution < -0.4 is 20.1 Å². The Balaban J connectivity index is 0.00000392. The van der Waals surface area contributed by atoms with Crippen molar-refractivity contribution in [3.8, 4) is 11.5 Å². The number of likely N-dealkylation sites (tertiary alicyclic amines) is 1. The number of halogens is 1. The topological polar surface area (TPSA) is 58.1 Å². The van der Waals surface area contributed by atoms with Gasteiger partial charge in [-0.1, -0.05) is 6.07 Å². The maximum atomic E-state index is 5.78. The molecule has 7 heteroatoms. The van der Waals surface area contributed by atoms with Crippen LogP contribution in [0.1, 0.15) is 40.0 Å². The van der Waals surface area contributed by atoms with Gasteiger partial charge in [-0.05, 0) is 45.7 Å². The van der Waals surface area contributed by atoms with Crippen molar-refractivity contribution in [1.29, 1.82) is 0 Å². The Labute approximate surface area is 187 Å². The molecule has 2 rings (SSSR count). The first-order valence-electron chi connectivity index (χ1n) is 10.2. The van der Waals surface area contributed by atoms with Crippen molar-refractivity contribution in [3.63, 3.8) is 0 Å². The molecule has 0 aromatic heterocycles. The lowest BCUT2D eigenvalue weighted by Crippen LogP contribution is -2.49. The van der Waals surface area contributed by atoms with Crippen LogP contribution in [-0.2, 0) is 0 Å². The summed E-state index contributed by atoms with van der Waals surface area (Å²) in [6.45, 7) is 11.2. The lowest BCUT2D eigenvalue weighted by Gasteiger charge is -2.35. The molecule has 0 bridgehead atoms. The van der Waals surface area contributed by atoms with Crippen LogP contribution in [0.25, 0.3) is 0 Å². The van der Waals surface area contributed by atoms with E-state index in [0.29, 0.717) is 18.7 Å². The number of benzene rings is 1. The third kappa shape index (κ3) is 8.86. The fraction of sp³-hybridized carbons (Fsp3) is 0.667. The molecule has 0 amide bonds. The molecule has 0 spiro atoms. The van der Waals surface area contributed by atoms with Crippen molar-refractivity contribution in [3.05, 3.63) is 24.3 Å². The summed E-state index contributed by atoms with van der Waals surface area (Å²) in [4.78, 5) is 7.24. The number of ether oxygens (including phenoxy) is 2. The molecule has 1 saturated heterocycles. The Morgan fingerprint density at radius 2 is 1.96 bits per heavy atom. The van der Waals surface area contributed by atoms with E-state index in [1.165, 1.54) is 12.8 Å². The molecular weight excluding hydrogens is 467 g/mol. The normalized spacial score (nSPS) is 15.8. The minimum Gasteiger partial charge on any atom is -0.497 e. The Bertz CT molecular complexity index is 575. The fourth-order valence-electron chi connectivity index (χ4n) is 3.21. The maximum absolute atomic E-state index is 5.78. The van der Waals surface area contributed by atoms with Crippen molar-refractivity contribution in [2.24, 2.45) is 4.99 Å². The first kappa shape index (κ1) is 24.8. The highest BCUT2D eigenvalue weighted by Gasteiger charge is 2.21. The van der Waals surface area contributed by atoms with Crippen LogP contribution in [-0.4, -0.2) is 62.8 Å². The van der Waals surface area contributed by atoms with E-state index in [1.807, 2.05) is 24.3 Å². The third-order valence-electron chi connectivity index (χ3n) is 4.83. The summed E-state index contributed by atoms with van der Waals surface area (Å²) in [6, 6.07) is 8.84. The largest absolute Gasteiger partial charge is 0.497 e. The first-order valence-corrected chi connectivity index (χ1v) is 10.2. The molecule has 0 aliphatic carbocycles. The van der Waals surface area contributed by atoms with Crippen LogP contribution >= 0.6 is 24.0 Å². The van der Waals surface area contributed by atoms with Crippen molar-refractivity contribution in [2.45, 2.75) is 52.1 Å². The van der Waals surface area contributed by atoms with Crippen molar-refractivity contribution < 1.29 is 9.47 Å². The first-order chi connectivity index (χ1) is 13.1. The van der Waals surface area contributed by atoms with E-state index in [0.717, 1.165) is 50.1 Å². The Kier molecular flexibility index (Phi) is 12.3. The minimum atomic E-state index is 0. The molecule has 0 radical (unpaired) electrons. The highest BCUT2D eigenvalue weighted by Crippen LogP contribution is 2.18. The lowest BCUT2D eigenvalue weighted by atomic mass is 10.0. The van der Waals surface area contributed by atoms with Crippen LogP contribution in [0.4, 0.5) is 0 Å². The molecule has 0 saturated carbocycles. The van der Waals surface area contributed by atoms with E-state index >= 15 is 0 Å². The molecule has 1 aliphatic heterocycles. The zero-order chi connectivity index (χ0) is 19.5. The molecule has 0 atom stereocenters. The monoisotopic (exact) mass is 504 g/mol. The minimum absolute atomic E-state index is 0. The standard InChI is InChI=1S/C21H36N4O2.HI/c1-5-22-21(24-18-10-13-25(14-11-18)17(2)3)23-12-7-15-27-20-9-6-8-19(16-20)26-4;/h6,8-9,16-18H,5,7,10-15H2,1-4H3,(H2,22,23,24);1H. The van der Waals surface area contributed by atoms with Gasteiger partial charge >= 0.3 is 0 Å². The number of rotatable bonds is 9. The van der Waals surface area contributed by atoms with Gasteiger partial charge in [-0.2, -0.15) is 0 Å². The van der Waals surface area contributed by atoms with Gasteiger partial charge in [-0.15, -0.1) is 24.0 Å². The number of hydrogen-bond acceptors (Lipinski definition) is 4. The second-order valence-corrected chi connectivity index (χ2v) is 7.19. The van der Waals surface area contributed by atoms with Crippen LogP contribution in [0.3, 0.4) is 0 Å². The predicted octanol–water partition coefficient (Wildman–Crippen LogP) is 3.51. The van der Waals surface area contributed by atoms with E-state index in [4.69, 9.17) is 14.5 Å². The summed E-state index contributed by atoms with van der Waals surface area (Å²) in [5, 5.41) is 6.95. The number of nitrogens with one attached hydrogen (secondary N) is 2.